The molecule has 3 heteroatoms. The molecule has 0 aromatic carbocycles. The van der Waals surface area contributed by atoms with Crippen LogP contribution in [0, 0.1) is 0 Å². The Kier molecular flexibility index (Phi) is 2.86. The van der Waals surface area contributed by atoms with Crippen LogP contribution in [0.1, 0.15) is 17.7 Å². The van der Waals surface area contributed by atoms with Crippen LogP contribution in [0.4, 0.5) is 0 Å². The predicted molar refractivity (Wildman–Crippen MR) is 42.9 cm³/mol. The molecule has 0 aliphatic rings. The van der Waals surface area contributed by atoms with E-state index in [2.05, 4.69) is 23.2 Å². The molecule has 1 aromatic heterocycles. The van der Waals surface area contributed by atoms with Crippen LogP contribution in [-0.4, -0.2) is 6.61 Å². The van der Waals surface area contributed by atoms with Gasteiger partial charge >= 0.3 is 0 Å². The van der Waals surface area contributed by atoms with Crippen molar-refractivity contribution in [3.63, 3.8) is 0 Å². The van der Waals surface area contributed by atoms with E-state index < -0.39 is 0 Å². The maximum atomic E-state index is 4.94. The summed E-state index contributed by atoms with van der Waals surface area (Å²) in [6.07, 6.45) is 0. The normalized spacial score (nSPS) is 13.4. The summed E-state index contributed by atoms with van der Waals surface area (Å²) in [6.45, 7) is 2.69. The fraction of sp³-hybridized carbons (Fsp3) is 0.429. The van der Waals surface area contributed by atoms with Crippen molar-refractivity contribution in [2.24, 2.45) is 5.90 Å². The first kappa shape index (κ1) is 7.72. The minimum Gasteiger partial charge on any atom is -0.304 e. The molecule has 2 N–H and O–H groups in total. The molecule has 1 aromatic rings. The monoisotopic (exact) mass is 157 g/mol. The van der Waals surface area contributed by atoms with Crippen LogP contribution in [0.25, 0.3) is 0 Å². The third kappa shape index (κ3) is 1.80. The van der Waals surface area contributed by atoms with Gasteiger partial charge in [0, 0.05) is 10.8 Å². The smallest absolute Gasteiger partial charge is 0.0753 e. The number of hydrogen-bond donors (Lipinski definition) is 1. The largest absolute Gasteiger partial charge is 0.304 e. The van der Waals surface area contributed by atoms with Gasteiger partial charge in [-0.2, -0.15) is 0 Å². The molecule has 0 aliphatic carbocycles. The molecule has 10 heavy (non-hydrogen) atoms. The summed E-state index contributed by atoms with van der Waals surface area (Å²) in [7, 11) is 0. The molecule has 0 saturated carbocycles. The third-order valence-corrected chi connectivity index (χ3v) is 2.48. The van der Waals surface area contributed by atoms with Crippen molar-refractivity contribution in [1.82, 2.24) is 0 Å². The van der Waals surface area contributed by atoms with E-state index in [-0.39, 0.29) is 0 Å². The van der Waals surface area contributed by atoms with Crippen LogP contribution >= 0.6 is 11.3 Å². The Morgan fingerprint density at radius 2 is 2.60 bits per heavy atom. The molecular weight excluding hydrogens is 146 g/mol. The molecule has 1 rings (SSSR count). The van der Waals surface area contributed by atoms with E-state index in [4.69, 9.17) is 5.90 Å². The third-order valence-electron chi connectivity index (χ3n) is 1.38. The summed E-state index contributed by atoms with van der Waals surface area (Å²) in [6, 6.07) is 4.13. The zero-order valence-corrected chi connectivity index (χ0v) is 6.73. The number of thiophene rings is 1. The highest BCUT2D eigenvalue weighted by Crippen LogP contribution is 2.19. The molecule has 56 valence electrons. The SMILES string of the molecule is CC(CON)c1cccs1. The van der Waals surface area contributed by atoms with E-state index in [1.54, 1.807) is 11.3 Å². The van der Waals surface area contributed by atoms with Crippen LogP contribution in [-0.2, 0) is 4.84 Å². The van der Waals surface area contributed by atoms with Gasteiger partial charge in [0.2, 0.25) is 0 Å². The van der Waals surface area contributed by atoms with E-state index >= 15 is 0 Å². The van der Waals surface area contributed by atoms with Gasteiger partial charge in [-0.25, -0.2) is 5.90 Å². The van der Waals surface area contributed by atoms with E-state index in [1.165, 1.54) is 4.88 Å². The zero-order valence-electron chi connectivity index (χ0n) is 5.91. The van der Waals surface area contributed by atoms with E-state index in [0.717, 1.165) is 0 Å². The summed E-state index contributed by atoms with van der Waals surface area (Å²) >= 11 is 1.74. The van der Waals surface area contributed by atoms with Crippen molar-refractivity contribution in [3.8, 4) is 0 Å². The molecule has 2 nitrogen and oxygen atoms in total. The zero-order chi connectivity index (χ0) is 7.40. The molecule has 0 radical (unpaired) electrons. The van der Waals surface area contributed by atoms with Gasteiger partial charge < -0.3 is 4.84 Å². The van der Waals surface area contributed by atoms with Crippen LogP contribution in [0.2, 0.25) is 0 Å². The average molecular weight is 157 g/mol. The van der Waals surface area contributed by atoms with Crippen molar-refractivity contribution in [2.45, 2.75) is 12.8 Å². The minimum absolute atomic E-state index is 0.421. The molecule has 0 saturated heterocycles. The van der Waals surface area contributed by atoms with Crippen molar-refractivity contribution in [1.29, 1.82) is 0 Å². The maximum Gasteiger partial charge on any atom is 0.0753 e. The second-order valence-electron chi connectivity index (χ2n) is 2.25. The van der Waals surface area contributed by atoms with Crippen molar-refractivity contribution >= 4 is 11.3 Å². The van der Waals surface area contributed by atoms with Crippen molar-refractivity contribution in [3.05, 3.63) is 22.4 Å². The first-order valence-electron chi connectivity index (χ1n) is 3.19. The van der Waals surface area contributed by atoms with Gasteiger partial charge in [-0.3, -0.25) is 0 Å². The highest BCUT2D eigenvalue weighted by molar-refractivity contribution is 7.10. The summed E-state index contributed by atoms with van der Waals surface area (Å²) in [5.74, 6) is 5.36. The molecule has 1 unspecified atom stereocenters. The van der Waals surface area contributed by atoms with Gasteiger partial charge in [-0.05, 0) is 11.4 Å². The molecule has 1 atom stereocenters. The highest BCUT2D eigenvalue weighted by Gasteiger charge is 2.04. The van der Waals surface area contributed by atoms with E-state index in [0.29, 0.717) is 12.5 Å². The molecule has 0 amide bonds. The fourth-order valence-corrected chi connectivity index (χ4v) is 1.57. The first-order chi connectivity index (χ1) is 4.84. The van der Waals surface area contributed by atoms with Crippen molar-refractivity contribution < 1.29 is 4.84 Å². The Hall–Kier alpha value is -0.380. The number of rotatable bonds is 3. The Bertz CT molecular complexity index is 174. The van der Waals surface area contributed by atoms with Crippen LogP contribution in [0.15, 0.2) is 17.5 Å². The second-order valence-corrected chi connectivity index (χ2v) is 3.23. The van der Waals surface area contributed by atoms with Crippen molar-refractivity contribution in [2.75, 3.05) is 6.61 Å². The van der Waals surface area contributed by atoms with E-state index in [9.17, 15) is 0 Å². The summed E-state index contributed by atoms with van der Waals surface area (Å²) in [5, 5.41) is 2.06. The molecule has 0 bridgehead atoms. The molecule has 0 aliphatic heterocycles. The van der Waals surface area contributed by atoms with Gasteiger partial charge in [0.25, 0.3) is 0 Å². The minimum atomic E-state index is 0.421. The van der Waals surface area contributed by atoms with Gasteiger partial charge in [0.05, 0.1) is 6.61 Å². The Balaban J connectivity index is 2.50. The summed E-state index contributed by atoms with van der Waals surface area (Å²) in [4.78, 5) is 5.86. The van der Waals surface area contributed by atoms with Gasteiger partial charge in [-0.1, -0.05) is 13.0 Å². The van der Waals surface area contributed by atoms with Gasteiger partial charge in [0.15, 0.2) is 0 Å². The summed E-state index contributed by atoms with van der Waals surface area (Å²) < 4.78 is 0. The lowest BCUT2D eigenvalue weighted by molar-refractivity contribution is 0.127. The molecule has 1 heterocycles. The lowest BCUT2D eigenvalue weighted by Crippen LogP contribution is -2.06. The standard InChI is InChI=1S/C7H11NOS/c1-6(5-9-8)7-3-2-4-10-7/h2-4,6H,5,8H2,1H3. The fourth-order valence-electron chi connectivity index (χ4n) is 0.798. The second kappa shape index (κ2) is 3.71. The van der Waals surface area contributed by atoms with Gasteiger partial charge in [-0.15, -0.1) is 11.3 Å². The number of nitrogens with two attached hydrogens (primary N) is 1. The lowest BCUT2D eigenvalue weighted by atomic mass is 10.2. The predicted octanol–water partition coefficient (Wildman–Crippen LogP) is 1.74. The number of hydrogen-bond acceptors (Lipinski definition) is 3. The van der Waals surface area contributed by atoms with E-state index in [1.807, 2.05) is 6.07 Å². The van der Waals surface area contributed by atoms with Crippen LogP contribution in [0.5, 0.6) is 0 Å². The lowest BCUT2D eigenvalue weighted by Gasteiger charge is -2.05. The quantitative estimate of drug-likeness (QED) is 0.678. The summed E-state index contributed by atoms with van der Waals surface area (Å²) in [5.41, 5.74) is 0. The Morgan fingerprint density at radius 1 is 1.80 bits per heavy atom. The highest BCUT2D eigenvalue weighted by atomic mass is 32.1. The Morgan fingerprint density at radius 3 is 3.10 bits per heavy atom. The average Bonchev–Trinajstić information content (AvgIpc) is 2.38. The molecule has 0 spiro atoms. The van der Waals surface area contributed by atoms with Crippen LogP contribution < -0.4 is 5.90 Å². The molecular formula is C7H11NOS. The first-order valence-corrected chi connectivity index (χ1v) is 4.07. The maximum absolute atomic E-state index is 4.94. The van der Waals surface area contributed by atoms with Crippen LogP contribution in [0.3, 0.4) is 0 Å². The van der Waals surface area contributed by atoms with Gasteiger partial charge in [0.1, 0.15) is 0 Å². The Labute approximate surface area is 64.6 Å². The molecule has 0 fully saturated rings. The topological polar surface area (TPSA) is 35.2 Å².